The van der Waals surface area contributed by atoms with Gasteiger partial charge in [0.2, 0.25) is 0 Å². The number of allylic oxidation sites excluding steroid dienone is 4. The van der Waals surface area contributed by atoms with Gasteiger partial charge in [-0.1, -0.05) is 18.1 Å². The minimum atomic E-state index is 0. The van der Waals surface area contributed by atoms with Gasteiger partial charge in [0.05, 0.1) is 0 Å². The van der Waals surface area contributed by atoms with Gasteiger partial charge in [0.25, 0.3) is 0 Å². The summed E-state index contributed by atoms with van der Waals surface area (Å²) in [4.78, 5) is 0. The molecular formula is C12H18Ti. The first-order chi connectivity index (χ1) is 5.72. The fourth-order valence-electron chi connectivity index (χ4n) is 2.66. The number of hydrogen-bond acceptors (Lipinski definition) is 0. The van der Waals surface area contributed by atoms with Crippen LogP contribution in [0, 0.1) is 5.92 Å². The van der Waals surface area contributed by atoms with E-state index in [4.69, 9.17) is 0 Å². The van der Waals surface area contributed by atoms with E-state index in [9.17, 15) is 0 Å². The molecule has 0 nitrogen and oxygen atoms in total. The molecule has 0 saturated heterocycles. The fourth-order valence-corrected chi connectivity index (χ4v) is 2.66. The van der Waals surface area contributed by atoms with Crippen molar-refractivity contribution in [2.45, 2.75) is 46.5 Å². The molecule has 0 fully saturated rings. The first-order valence-electron chi connectivity index (χ1n) is 5.11. The molecule has 0 aliphatic heterocycles. The molecule has 13 heavy (non-hydrogen) atoms. The summed E-state index contributed by atoms with van der Waals surface area (Å²) in [6.07, 6.45) is 5.55. The standard InChI is InChI=1S/C12H18.Ti/c1-8-9(2)11-6-4-5-7-12(11)10(8)3;/h9H,4-7H2,1-3H3;. The van der Waals surface area contributed by atoms with Gasteiger partial charge >= 0.3 is 0 Å². The second-order valence-corrected chi connectivity index (χ2v) is 4.24. The molecule has 0 radical (unpaired) electrons. The van der Waals surface area contributed by atoms with Gasteiger partial charge in [-0.25, -0.2) is 0 Å². The summed E-state index contributed by atoms with van der Waals surface area (Å²) in [6, 6.07) is 0. The van der Waals surface area contributed by atoms with Gasteiger partial charge in [-0.15, -0.1) is 0 Å². The number of rotatable bonds is 0. The van der Waals surface area contributed by atoms with E-state index in [1.54, 1.807) is 22.3 Å². The van der Waals surface area contributed by atoms with Crippen LogP contribution < -0.4 is 0 Å². The summed E-state index contributed by atoms with van der Waals surface area (Å²) >= 11 is 0. The molecule has 2 aliphatic carbocycles. The molecule has 70 valence electrons. The molecule has 0 aromatic carbocycles. The molecule has 0 bridgehead atoms. The molecule has 0 spiro atoms. The zero-order valence-electron chi connectivity index (χ0n) is 8.91. The molecule has 1 atom stereocenters. The number of hydrogen-bond donors (Lipinski definition) is 0. The predicted octanol–water partition coefficient (Wildman–Crippen LogP) is 3.84. The Hall–Kier alpha value is 0.194. The molecule has 0 N–H and O–H groups in total. The maximum atomic E-state index is 2.37. The maximum absolute atomic E-state index is 2.37. The molecule has 0 amide bonds. The average Bonchev–Trinajstić information content (AvgIpc) is 2.33. The van der Waals surface area contributed by atoms with Crippen LogP contribution in [0.2, 0.25) is 0 Å². The fraction of sp³-hybridized carbons (Fsp3) is 0.667. The summed E-state index contributed by atoms with van der Waals surface area (Å²) in [6.45, 7) is 6.98. The Kier molecular flexibility index (Phi) is 3.60. The smallest absolute Gasteiger partial charge is 0 e. The van der Waals surface area contributed by atoms with Crippen molar-refractivity contribution in [1.29, 1.82) is 0 Å². The van der Waals surface area contributed by atoms with Crippen molar-refractivity contribution in [1.82, 2.24) is 0 Å². The van der Waals surface area contributed by atoms with E-state index in [-0.39, 0.29) is 21.7 Å². The maximum Gasteiger partial charge on any atom is 0 e. The van der Waals surface area contributed by atoms with Crippen LogP contribution in [0.15, 0.2) is 22.3 Å². The van der Waals surface area contributed by atoms with E-state index in [1.165, 1.54) is 25.7 Å². The first-order valence-corrected chi connectivity index (χ1v) is 5.11. The van der Waals surface area contributed by atoms with Crippen molar-refractivity contribution >= 4 is 0 Å². The summed E-state index contributed by atoms with van der Waals surface area (Å²) in [5.41, 5.74) is 6.71. The zero-order valence-corrected chi connectivity index (χ0v) is 10.5. The Balaban J connectivity index is 0.000000845. The molecule has 2 rings (SSSR count). The summed E-state index contributed by atoms with van der Waals surface area (Å²) in [7, 11) is 0. The second kappa shape index (κ2) is 4.15. The Morgan fingerprint density at radius 3 is 2.31 bits per heavy atom. The third-order valence-corrected chi connectivity index (χ3v) is 3.73. The van der Waals surface area contributed by atoms with Gasteiger partial charge in [-0.05, 0) is 56.6 Å². The van der Waals surface area contributed by atoms with Crippen LogP contribution in [0.1, 0.15) is 46.5 Å². The van der Waals surface area contributed by atoms with Crippen molar-refractivity contribution in [3.63, 3.8) is 0 Å². The van der Waals surface area contributed by atoms with E-state index < -0.39 is 0 Å². The van der Waals surface area contributed by atoms with E-state index in [0.717, 1.165) is 5.92 Å². The molecule has 0 aromatic rings. The molecule has 1 unspecified atom stereocenters. The minimum Gasteiger partial charge on any atom is -0.0632 e. The molecule has 0 saturated carbocycles. The summed E-state index contributed by atoms with van der Waals surface area (Å²) in [5, 5.41) is 0. The Morgan fingerprint density at radius 2 is 1.69 bits per heavy atom. The van der Waals surface area contributed by atoms with E-state index in [2.05, 4.69) is 20.8 Å². The molecule has 1 heteroatoms. The van der Waals surface area contributed by atoms with Crippen LogP contribution in [0.25, 0.3) is 0 Å². The summed E-state index contributed by atoms with van der Waals surface area (Å²) in [5.74, 6) is 0.764. The minimum absolute atomic E-state index is 0. The van der Waals surface area contributed by atoms with Gasteiger partial charge in [-0.3, -0.25) is 0 Å². The monoisotopic (exact) mass is 210 g/mol. The third-order valence-electron chi connectivity index (χ3n) is 3.73. The Bertz CT molecular complexity index is 271. The van der Waals surface area contributed by atoms with Crippen molar-refractivity contribution < 1.29 is 21.7 Å². The second-order valence-electron chi connectivity index (χ2n) is 4.24. The van der Waals surface area contributed by atoms with Gasteiger partial charge < -0.3 is 0 Å². The third kappa shape index (κ3) is 1.71. The zero-order chi connectivity index (χ0) is 8.72. The van der Waals surface area contributed by atoms with E-state index in [0.29, 0.717) is 0 Å². The largest absolute Gasteiger partial charge is 0.0632 e. The van der Waals surface area contributed by atoms with Gasteiger partial charge in [0.1, 0.15) is 0 Å². The topological polar surface area (TPSA) is 0 Å². The quantitative estimate of drug-likeness (QED) is 0.533. The molecule has 2 aliphatic rings. The van der Waals surface area contributed by atoms with Crippen LogP contribution in [0.3, 0.4) is 0 Å². The van der Waals surface area contributed by atoms with Crippen molar-refractivity contribution in [3.05, 3.63) is 22.3 Å². The SMILES string of the molecule is CC1=C(C)C(C)C2=C1CCCC2.[Ti]. The average molecular weight is 210 g/mol. The van der Waals surface area contributed by atoms with Crippen molar-refractivity contribution in [2.24, 2.45) is 5.92 Å². The van der Waals surface area contributed by atoms with Gasteiger partial charge in [0.15, 0.2) is 0 Å². The van der Waals surface area contributed by atoms with E-state index >= 15 is 0 Å². The molecular weight excluding hydrogens is 192 g/mol. The van der Waals surface area contributed by atoms with E-state index in [1.807, 2.05) is 0 Å². The van der Waals surface area contributed by atoms with Crippen LogP contribution >= 0.6 is 0 Å². The normalized spacial score (nSPS) is 27.5. The molecule has 0 heterocycles. The van der Waals surface area contributed by atoms with Gasteiger partial charge in [0, 0.05) is 21.7 Å². The van der Waals surface area contributed by atoms with Gasteiger partial charge in [-0.2, -0.15) is 0 Å². The Labute approximate surface area is 96.4 Å². The van der Waals surface area contributed by atoms with Crippen LogP contribution in [0.5, 0.6) is 0 Å². The van der Waals surface area contributed by atoms with Crippen LogP contribution in [0.4, 0.5) is 0 Å². The first kappa shape index (κ1) is 11.3. The predicted molar refractivity (Wildman–Crippen MR) is 53.0 cm³/mol. The molecule has 0 aromatic heterocycles. The van der Waals surface area contributed by atoms with Crippen LogP contribution in [-0.2, 0) is 21.7 Å². The Morgan fingerprint density at radius 1 is 1.08 bits per heavy atom. The van der Waals surface area contributed by atoms with Crippen LogP contribution in [-0.4, -0.2) is 0 Å². The van der Waals surface area contributed by atoms with Crippen molar-refractivity contribution in [3.8, 4) is 0 Å². The van der Waals surface area contributed by atoms with Crippen molar-refractivity contribution in [2.75, 3.05) is 0 Å². The summed E-state index contributed by atoms with van der Waals surface area (Å²) < 4.78 is 0.